The normalized spacial score (nSPS) is 10.5. The van der Waals surface area contributed by atoms with Crippen LogP contribution in [0.4, 0.5) is 0 Å². The summed E-state index contributed by atoms with van der Waals surface area (Å²) < 4.78 is 8.01. The van der Waals surface area contributed by atoms with Gasteiger partial charge in [0.05, 0.1) is 0 Å². The van der Waals surface area contributed by atoms with E-state index in [2.05, 4.69) is 41.9 Å². The van der Waals surface area contributed by atoms with Crippen LogP contribution in [0.2, 0.25) is 0 Å². The molecule has 0 N–H and O–H groups in total. The fraction of sp³-hybridized carbons (Fsp3) is 0.250. The van der Waals surface area contributed by atoms with E-state index in [4.69, 9.17) is 4.42 Å². The second-order valence-corrected chi connectivity index (χ2v) is 4.82. The molecule has 3 aromatic rings. The summed E-state index contributed by atoms with van der Waals surface area (Å²) in [5.74, 6) is 0.686. The van der Waals surface area contributed by atoms with Gasteiger partial charge in [-0.2, -0.15) is 0 Å². The number of nitrogens with zero attached hydrogens (tertiary/aromatic N) is 2. The van der Waals surface area contributed by atoms with Gasteiger partial charge in [0.15, 0.2) is 18.0 Å². The highest BCUT2D eigenvalue weighted by atomic mass is 127. The van der Waals surface area contributed by atoms with Crippen LogP contribution in [0.3, 0.4) is 0 Å². The van der Waals surface area contributed by atoms with E-state index >= 15 is 0 Å². The highest BCUT2D eigenvalue weighted by molar-refractivity contribution is 5.76. The second-order valence-electron chi connectivity index (χ2n) is 4.82. The molecule has 20 heavy (non-hydrogen) atoms. The number of oxazole rings is 1. The summed E-state index contributed by atoms with van der Waals surface area (Å²) in [6.45, 7) is 5.23. The van der Waals surface area contributed by atoms with Crippen molar-refractivity contribution in [3.8, 4) is 11.5 Å². The number of halogens is 1. The summed E-state index contributed by atoms with van der Waals surface area (Å²) in [7, 11) is 0. The van der Waals surface area contributed by atoms with Crippen molar-refractivity contribution in [2.24, 2.45) is 0 Å². The predicted octanol–water partition coefficient (Wildman–Crippen LogP) is 0.505. The molecule has 1 aromatic carbocycles. The van der Waals surface area contributed by atoms with E-state index in [0.29, 0.717) is 5.89 Å². The Hall–Kier alpha value is -1.43. The van der Waals surface area contributed by atoms with Crippen molar-refractivity contribution in [1.29, 1.82) is 0 Å². The minimum Gasteiger partial charge on any atom is -1.00 e. The lowest BCUT2D eigenvalue weighted by Crippen LogP contribution is -3.00. The molecular formula is C16H17IN2O. The largest absolute Gasteiger partial charge is 1.00 e. The number of rotatable bonds is 3. The maximum Gasteiger partial charge on any atom is 0.233 e. The molecule has 0 fully saturated rings. The third-order valence-electron chi connectivity index (χ3n) is 3.13. The van der Waals surface area contributed by atoms with Gasteiger partial charge in [0.1, 0.15) is 17.6 Å². The van der Waals surface area contributed by atoms with E-state index in [9.17, 15) is 0 Å². The molecule has 0 spiro atoms. The van der Waals surface area contributed by atoms with Gasteiger partial charge in [0.2, 0.25) is 5.89 Å². The van der Waals surface area contributed by atoms with Gasteiger partial charge >= 0.3 is 0 Å². The molecule has 4 heteroatoms. The molecule has 2 aromatic heterocycles. The number of pyridine rings is 1. The van der Waals surface area contributed by atoms with E-state index in [1.165, 1.54) is 5.56 Å². The topological polar surface area (TPSA) is 29.9 Å². The van der Waals surface area contributed by atoms with Crippen LogP contribution >= 0.6 is 0 Å². The SMILES string of the molecule is CCC[n+]1cccc(-c2nc3ccc(C)cc3o2)c1.[I-]. The fourth-order valence-corrected chi connectivity index (χ4v) is 2.20. The molecule has 3 rings (SSSR count). The maximum absolute atomic E-state index is 5.84. The molecule has 0 atom stereocenters. The van der Waals surface area contributed by atoms with Crippen LogP contribution in [0, 0.1) is 6.92 Å². The van der Waals surface area contributed by atoms with Crippen LogP contribution in [-0.4, -0.2) is 4.98 Å². The Labute approximate surface area is 135 Å². The van der Waals surface area contributed by atoms with Gasteiger partial charge in [-0.15, -0.1) is 0 Å². The molecule has 0 radical (unpaired) electrons. The molecule has 0 saturated heterocycles. The van der Waals surface area contributed by atoms with E-state index in [1.807, 2.05) is 24.3 Å². The molecule has 2 heterocycles. The van der Waals surface area contributed by atoms with Crippen LogP contribution in [0.25, 0.3) is 22.6 Å². The molecule has 0 aliphatic carbocycles. The molecule has 0 saturated carbocycles. The molecule has 0 amide bonds. The van der Waals surface area contributed by atoms with Gasteiger partial charge in [-0.1, -0.05) is 13.0 Å². The van der Waals surface area contributed by atoms with Crippen molar-refractivity contribution < 1.29 is 33.0 Å². The molecular weight excluding hydrogens is 363 g/mol. The number of aryl methyl sites for hydroxylation is 2. The summed E-state index contributed by atoms with van der Waals surface area (Å²) in [5, 5.41) is 0. The number of hydrogen-bond acceptors (Lipinski definition) is 2. The van der Waals surface area contributed by atoms with E-state index in [0.717, 1.165) is 29.6 Å². The van der Waals surface area contributed by atoms with Crippen LogP contribution in [0.5, 0.6) is 0 Å². The van der Waals surface area contributed by atoms with Crippen LogP contribution in [0.15, 0.2) is 47.1 Å². The Balaban J connectivity index is 0.00000147. The highest BCUT2D eigenvalue weighted by Gasteiger charge is 2.11. The molecule has 0 unspecified atom stereocenters. The van der Waals surface area contributed by atoms with Crippen LogP contribution in [0.1, 0.15) is 18.9 Å². The average molecular weight is 380 g/mol. The fourth-order valence-electron chi connectivity index (χ4n) is 2.20. The standard InChI is InChI=1S/C16H17N2O.HI/c1-3-8-18-9-4-5-13(11-18)16-17-14-7-6-12(2)10-15(14)19-16;/h4-7,9-11H,3,8H2,1-2H3;1H/q+1;/p-1. The lowest BCUT2D eigenvalue weighted by Gasteiger charge is -1.95. The zero-order chi connectivity index (χ0) is 13.2. The first kappa shape index (κ1) is 15.0. The third-order valence-corrected chi connectivity index (χ3v) is 3.13. The van der Waals surface area contributed by atoms with Gasteiger partial charge in [0.25, 0.3) is 0 Å². The van der Waals surface area contributed by atoms with Gasteiger partial charge in [-0.25, -0.2) is 9.55 Å². The molecule has 104 valence electrons. The maximum atomic E-state index is 5.84. The summed E-state index contributed by atoms with van der Waals surface area (Å²) >= 11 is 0. The number of aromatic nitrogens is 2. The first-order valence-corrected chi connectivity index (χ1v) is 6.63. The Bertz CT molecular complexity index is 721. The van der Waals surface area contributed by atoms with E-state index in [1.54, 1.807) is 0 Å². The molecule has 0 bridgehead atoms. The van der Waals surface area contributed by atoms with Crippen LogP contribution in [-0.2, 0) is 6.54 Å². The third kappa shape index (κ3) is 3.00. The Morgan fingerprint density at radius 3 is 2.90 bits per heavy atom. The molecule has 0 aliphatic heterocycles. The van der Waals surface area contributed by atoms with Crippen molar-refractivity contribution in [2.45, 2.75) is 26.8 Å². The number of benzene rings is 1. The van der Waals surface area contributed by atoms with Gasteiger partial charge in [-0.05, 0) is 30.7 Å². The Morgan fingerprint density at radius 1 is 1.25 bits per heavy atom. The van der Waals surface area contributed by atoms with Crippen molar-refractivity contribution in [2.75, 3.05) is 0 Å². The number of hydrogen-bond donors (Lipinski definition) is 0. The van der Waals surface area contributed by atoms with Crippen molar-refractivity contribution in [1.82, 2.24) is 4.98 Å². The molecule has 0 aliphatic rings. The first-order chi connectivity index (χ1) is 9.26. The highest BCUT2D eigenvalue weighted by Crippen LogP contribution is 2.23. The monoisotopic (exact) mass is 380 g/mol. The zero-order valence-corrected chi connectivity index (χ0v) is 13.8. The smallest absolute Gasteiger partial charge is 0.233 e. The lowest BCUT2D eigenvalue weighted by molar-refractivity contribution is -0.696. The average Bonchev–Trinajstić information content (AvgIpc) is 2.82. The minimum absolute atomic E-state index is 0. The summed E-state index contributed by atoms with van der Waals surface area (Å²) in [4.78, 5) is 4.55. The second kappa shape index (κ2) is 6.35. The van der Waals surface area contributed by atoms with Gasteiger partial charge < -0.3 is 28.4 Å². The number of fused-ring (bicyclic) bond motifs is 1. The summed E-state index contributed by atoms with van der Waals surface area (Å²) in [5.41, 5.74) is 3.96. The predicted molar refractivity (Wildman–Crippen MR) is 74.7 cm³/mol. The van der Waals surface area contributed by atoms with Gasteiger partial charge in [-0.3, -0.25) is 0 Å². The van der Waals surface area contributed by atoms with E-state index < -0.39 is 0 Å². The van der Waals surface area contributed by atoms with Gasteiger partial charge in [0, 0.05) is 12.5 Å². The molecule has 3 nitrogen and oxygen atoms in total. The zero-order valence-electron chi connectivity index (χ0n) is 11.6. The van der Waals surface area contributed by atoms with Crippen molar-refractivity contribution in [3.63, 3.8) is 0 Å². The van der Waals surface area contributed by atoms with Crippen molar-refractivity contribution in [3.05, 3.63) is 48.3 Å². The lowest BCUT2D eigenvalue weighted by atomic mass is 10.2. The van der Waals surface area contributed by atoms with Crippen LogP contribution < -0.4 is 28.5 Å². The first-order valence-electron chi connectivity index (χ1n) is 6.63. The summed E-state index contributed by atoms with van der Waals surface area (Å²) in [6.07, 6.45) is 5.27. The van der Waals surface area contributed by atoms with Crippen molar-refractivity contribution >= 4 is 11.1 Å². The minimum atomic E-state index is 0. The Morgan fingerprint density at radius 2 is 2.10 bits per heavy atom. The Kier molecular flexibility index (Phi) is 4.75. The van der Waals surface area contributed by atoms with E-state index in [-0.39, 0.29) is 24.0 Å². The summed E-state index contributed by atoms with van der Waals surface area (Å²) in [6, 6.07) is 10.1. The quantitative estimate of drug-likeness (QED) is 0.490.